The highest BCUT2D eigenvalue weighted by Crippen LogP contribution is 2.22. The number of sulfonamides is 1. The number of hydrazone groups is 1. The molecule has 150 valence electrons. The van der Waals surface area contributed by atoms with Crippen LogP contribution < -0.4 is 9.57 Å². The van der Waals surface area contributed by atoms with E-state index in [-0.39, 0.29) is 16.5 Å². The molecule has 0 atom stereocenters. The molecule has 0 aromatic heterocycles. The first-order valence-corrected chi connectivity index (χ1v) is 10.2. The summed E-state index contributed by atoms with van der Waals surface area (Å²) < 4.78 is 56.1. The number of benzene rings is 3. The highest BCUT2D eigenvalue weighted by Gasteiger charge is 2.12. The van der Waals surface area contributed by atoms with E-state index in [4.69, 9.17) is 16.3 Å². The summed E-state index contributed by atoms with van der Waals surface area (Å²) in [4.78, 5) is 1.94. The van der Waals surface area contributed by atoms with Crippen molar-refractivity contribution in [2.75, 3.05) is 0 Å². The third-order valence-electron chi connectivity index (χ3n) is 3.82. The fourth-order valence-corrected chi connectivity index (χ4v) is 3.36. The van der Waals surface area contributed by atoms with Crippen molar-refractivity contribution in [3.05, 3.63) is 94.5 Å². The predicted molar refractivity (Wildman–Crippen MR) is 106 cm³/mol. The normalized spacial score (nSPS) is 11.6. The van der Waals surface area contributed by atoms with E-state index in [1.165, 1.54) is 24.4 Å². The van der Waals surface area contributed by atoms with Crippen LogP contribution in [-0.2, 0) is 16.6 Å². The number of hydrogen-bond acceptors (Lipinski definition) is 4. The molecule has 1 N–H and O–H groups in total. The lowest BCUT2D eigenvalue weighted by molar-refractivity contribution is 0.305. The largest absolute Gasteiger partial charge is 0.488 e. The van der Waals surface area contributed by atoms with Crippen LogP contribution in [0.15, 0.2) is 76.7 Å². The fraction of sp³-hybridized carbons (Fsp3) is 0.0500. The summed E-state index contributed by atoms with van der Waals surface area (Å²) in [5, 5.41) is 3.98. The minimum atomic E-state index is -3.93. The van der Waals surface area contributed by atoms with E-state index in [0.717, 1.165) is 24.3 Å². The summed E-state index contributed by atoms with van der Waals surface area (Å²) in [5.41, 5.74) is 1.10. The topological polar surface area (TPSA) is 67.8 Å². The van der Waals surface area contributed by atoms with Gasteiger partial charge in [0.2, 0.25) is 0 Å². The number of rotatable bonds is 7. The van der Waals surface area contributed by atoms with Crippen LogP contribution in [0.5, 0.6) is 5.75 Å². The van der Waals surface area contributed by atoms with E-state index in [2.05, 4.69) is 9.93 Å². The standard InChI is InChI=1S/C20H15ClF2N2O3S/c21-19-11-17(23)6-5-15(19)13-28-20-4-2-1-3-14(20)12-24-25-29(26,27)18-9-7-16(22)8-10-18/h1-12,25H,13H2/b24-12+. The van der Waals surface area contributed by atoms with Gasteiger partial charge in [-0.15, -0.1) is 0 Å². The average Bonchev–Trinajstić information content (AvgIpc) is 2.68. The summed E-state index contributed by atoms with van der Waals surface area (Å²) in [5.74, 6) is -0.558. The van der Waals surface area contributed by atoms with Crippen LogP contribution >= 0.6 is 11.6 Å². The van der Waals surface area contributed by atoms with Crippen LogP contribution in [0, 0.1) is 11.6 Å². The molecule has 0 heterocycles. The van der Waals surface area contributed by atoms with E-state index < -0.39 is 21.7 Å². The van der Waals surface area contributed by atoms with E-state index in [1.807, 2.05) is 0 Å². The molecule has 0 aliphatic carbocycles. The van der Waals surface area contributed by atoms with E-state index in [9.17, 15) is 17.2 Å². The number of para-hydroxylation sites is 1. The maximum absolute atomic E-state index is 13.1. The molecule has 29 heavy (non-hydrogen) atoms. The Hall–Kier alpha value is -2.97. The fourth-order valence-electron chi connectivity index (χ4n) is 2.34. The third-order valence-corrected chi connectivity index (χ3v) is 5.41. The molecule has 3 aromatic rings. The first-order valence-electron chi connectivity index (χ1n) is 8.31. The molecule has 0 amide bonds. The quantitative estimate of drug-likeness (QED) is 0.437. The number of hydrogen-bond donors (Lipinski definition) is 1. The third kappa shape index (κ3) is 5.52. The molecule has 0 spiro atoms. The molecular formula is C20H15ClF2N2O3S. The Morgan fingerprint density at radius 3 is 2.41 bits per heavy atom. The predicted octanol–water partition coefficient (Wildman–Crippen LogP) is 4.51. The van der Waals surface area contributed by atoms with E-state index in [1.54, 1.807) is 24.3 Å². The van der Waals surface area contributed by atoms with Crippen molar-refractivity contribution in [3.8, 4) is 5.75 Å². The van der Waals surface area contributed by atoms with Crippen LogP contribution in [0.2, 0.25) is 5.02 Å². The Balaban J connectivity index is 1.70. The van der Waals surface area contributed by atoms with Gasteiger partial charge in [0.25, 0.3) is 10.0 Å². The zero-order valence-corrected chi connectivity index (χ0v) is 16.4. The van der Waals surface area contributed by atoms with Gasteiger partial charge in [-0.05, 0) is 48.5 Å². The van der Waals surface area contributed by atoms with Crippen molar-refractivity contribution in [2.24, 2.45) is 5.10 Å². The van der Waals surface area contributed by atoms with Gasteiger partial charge in [-0.3, -0.25) is 0 Å². The maximum atomic E-state index is 13.1. The van der Waals surface area contributed by atoms with Gasteiger partial charge >= 0.3 is 0 Å². The second kappa shape index (κ2) is 9.02. The monoisotopic (exact) mass is 436 g/mol. The van der Waals surface area contributed by atoms with Crippen molar-refractivity contribution in [2.45, 2.75) is 11.5 Å². The lowest BCUT2D eigenvalue weighted by atomic mass is 10.2. The molecule has 0 aliphatic rings. The van der Waals surface area contributed by atoms with Crippen LogP contribution in [0.25, 0.3) is 0 Å². The van der Waals surface area contributed by atoms with Gasteiger partial charge in [0.1, 0.15) is 24.0 Å². The Kier molecular flexibility index (Phi) is 6.46. The molecule has 9 heteroatoms. The first-order chi connectivity index (χ1) is 13.8. The number of halogens is 3. The lowest BCUT2D eigenvalue weighted by Gasteiger charge is -2.10. The Bertz CT molecular complexity index is 1140. The smallest absolute Gasteiger partial charge is 0.276 e. The Morgan fingerprint density at radius 2 is 1.69 bits per heavy atom. The average molecular weight is 437 g/mol. The molecule has 3 aromatic carbocycles. The highest BCUT2D eigenvalue weighted by atomic mass is 35.5. The van der Waals surface area contributed by atoms with Crippen molar-refractivity contribution in [1.82, 2.24) is 4.83 Å². The van der Waals surface area contributed by atoms with Gasteiger partial charge in [0, 0.05) is 11.1 Å². The molecular weight excluding hydrogens is 422 g/mol. The van der Waals surface area contributed by atoms with E-state index >= 15 is 0 Å². The SMILES string of the molecule is O=S(=O)(N/N=C/c1ccccc1OCc1ccc(F)cc1Cl)c1ccc(F)cc1. The van der Waals surface area contributed by atoms with Gasteiger partial charge in [0.05, 0.1) is 16.1 Å². The van der Waals surface area contributed by atoms with Gasteiger partial charge in [-0.2, -0.15) is 13.5 Å². The zero-order chi connectivity index (χ0) is 20.9. The molecule has 0 fully saturated rings. The molecule has 0 bridgehead atoms. The van der Waals surface area contributed by atoms with Crippen molar-refractivity contribution >= 4 is 27.8 Å². The molecule has 0 aliphatic heterocycles. The lowest BCUT2D eigenvalue weighted by Crippen LogP contribution is -2.18. The van der Waals surface area contributed by atoms with E-state index in [0.29, 0.717) is 16.9 Å². The summed E-state index contributed by atoms with van der Waals surface area (Å²) in [6.45, 7) is 0.0886. The molecule has 0 saturated heterocycles. The van der Waals surface area contributed by atoms with Crippen molar-refractivity contribution < 1.29 is 21.9 Å². The van der Waals surface area contributed by atoms with Crippen molar-refractivity contribution in [1.29, 1.82) is 0 Å². The van der Waals surface area contributed by atoms with Crippen LogP contribution in [0.4, 0.5) is 8.78 Å². The first kappa shape index (κ1) is 20.8. The number of nitrogens with one attached hydrogen (secondary N) is 1. The van der Waals surface area contributed by atoms with Gasteiger partial charge in [0.15, 0.2) is 0 Å². The summed E-state index contributed by atoms with van der Waals surface area (Å²) >= 11 is 5.99. The summed E-state index contributed by atoms with van der Waals surface area (Å²) in [6, 6.07) is 15.2. The molecule has 5 nitrogen and oxygen atoms in total. The molecule has 3 rings (SSSR count). The minimum Gasteiger partial charge on any atom is -0.488 e. The summed E-state index contributed by atoms with van der Waals surface area (Å²) in [6.07, 6.45) is 1.28. The minimum absolute atomic E-state index is 0.0886. The van der Waals surface area contributed by atoms with Crippen LogP contribution in [-0.4, -0.2) is 14.6 Å². The highest BCUT2D eigenvalue weighted by molar-refractivity contribution is 7.89. The molecule has 0 unspecified atom stereocenters. The Morgan fingerprint density at radius 1 is 1.00 bits per heavy atom. The molecule has 0 radical (unpaired) electrons. The van der Waals surface area contributed by atoms with Gasteiger partial charge in [-0.25, -0.2) is 13.6 Å². The second-order valence-corrected chi connectivity index (χ2v) is 7.94. The summed E-state index contributed by atoms with van der Waals surface area (Å²) in [7, 11) is -3.93. The van der Waals surface area contributed by atoms with Crippen LogP contribution in [0.1, 0.15) is 11.1 Å². The maximum Gasteiger partial charge on any atom is 0.276 e. The van der Waals surface area contributed by atoms with Gasteiger partial charge < -0.3 is 4.74 Å². The number of nitrogens with zero attached hydrogens (tertiary/aromatic N) is 1. The van der Waals surface area contributed by atoms with Gasteiger partial charge in [-0.1, -0.05) is 29.8 Å². The van der Waals surface area contributed by atoms with Crippen LogP contribution in [0.3, 0.4) is 0 Å². The zero-order valence-electron chi connectivity index (χ0n) is 14.8. The molecule has 0 saturated carbocycles. The second-order valence-electron chi connectivity index (χ2n) is 5.87. The van der Waals surface area contributed by atoms with Crippen molar-refractivity contribution in [3.63, 3.8) is 0 Å². The Labute approximate surface area is 171 Å². The number of ether oxygens (including phenoxy) is 1.